The first-order valence-electron chi connectivity index (χ1n) is 11.1. The van der Waals surface area contributed by atoms with Crippen LogP contribution >= 0.6 is 0 Å². The maximum absolute atomic E-state index is 5.48. The van der Waals surface area contributed by atoms with E-state index in [1.54, 1.807) is 0 Å². The number of hydrogen-bond donors (Lipinski definition) is 1. The second kappa shape index (κ2) is 8.46. The Kier molecular flexibility index (Phi) is 5.54. The number of pyridine rings is 2. The molecule has 0 saturated carbocycles. The van der Waals surface area contributed by atoms with E-state index in [1.165, 1.54) is 29.6 Å². The Morgan fingerprint density at radius 3 is 2.63 bits per heavy atom. The number of nitrogens with one attached hydrogen (secondary N) is 1. The molecule has 3 aromatic rings. The topological polar surface area (TPSA) is 57.3 Å². The van der Waals surface area contributed by atoms with Crippen molar-refractivity contribution >= 4 is 10.9 Å². The average Bonchev–Trinajstić information content (AvgIpc) is 3.16. The van der Waals surface area contributed by atoms with Crippen LogP contribution in [0.2, 0.25) is 0 Å². The number of H-pyrrole nitrogens is 1. The van der Waals surface area contributed by atoms with E-state index in [4.69, 9.17) is 14.7 Å². The molecule has 5 heterocycles. The maximum Gasteiger partial charge on any atom is 0.0814 e. The van der Waals surface area contributed by atoms with Gasteiger partial charge in [0.15, 0.2) is 0 Å². The fourth-order valence-corrected chi connectivity index (χ4v) is 4.71. The minimum atomic E-state index is 0.577. The van der Waals surface area contributed by atoms with Crippen molar-refractivity contribution in [2.45, 2.75) is 32.2 Å². The smallest absolute Gasteiger partial charge is 0.0814 e. The number of nitrogens with zero attached hydrogens (tertiary/aromatic N) is 4. The zero-order valence-electron chi connectivity index (χ0n) is 18.0. The minimum Gasteiger partial charge on any atom is -0.379 e. The van der Waals surface area contributed by atoms with Crippen molar-refractivity contribution in [2.24, 2.45) is 0 Å². The number of rotatable bonds is 4. The van der Waals surface area contributed by atoms with Gasteiger partial charge in [-0.05, 0) is 64.2 Å². The molecule has 0 spiro atoms. The number of likely N-dealkylation sites (tertiary alicyclic amines) is 1. The molecule has 30 heavy (non-hydrogen) atoms. The maximum atomic E-state index is 5.48. The summed E-state index contributed by atoms with van der Waals surface area (Å²) in [6.45, 7) is 8.91. The van der Waals surface area contributed by atoms with Gasteiger partial charge in [-0.3, -0.25) is 14.9 Å². The Labute approximate surface area is 178 Å². The van der Waals surface area contributed by atoms with E-state index in [1.807, 2.05) is 6.20 Å². The lowest BCUT2D eigenvalue weighted by molar-refractivity contribution is 0.0337. The highest BCUT2D eigenvalue weighted by Crippen LogP contribution is 2.31. The molecule has 2 aliphatic heterocycles. The van der Waals surface area contributed by atoms with Gasteiger partial charge in [-0.15, -0.1) is 0 Å². The van der Waals surface area contributed by atoms with Gasteiger partial charge < -0.3 is 14.6 Å². The van der Waals surface area contributed by atoms with E-state index >= 15 is 0 Å². The van der Waals surface area contributed by atoms with Crippen LogP contribution in [0.5, 0.6) is 0 Å². The summed E-state index contributed by atoms with van der Waals surface area (Å²) in [5.74, 6) is 0.577. The van der Waals surface area contributed by atoms with Crippen LogP contribution < -0.4 is 0 Å². The monoisotopic (exact) mass is 405 g/mol. The van der Waals surface area contributed by atoms with Gasteiger partial charge in [0.1, 0.15) is 0 Å². The molecule has 2 fully saturated rings. The molecule has 6 heteroatoms. The first-order chi connectivity index (χ1) is 14.7. The van der Waals surface area contributed by atoms with Crippen LogP contribution in [0.25, 0.3) is 22.2 Å². The molecule has 0 aromatic carbocycles. The summed E-state index contributed by atoms with van der Waals surface area (Å²) in [5, 5.41) is 1.18. The van der Waals surface area contributed by atoms with Gasteiger partial charge in [0.05, 0.1) is 18.9 Å². The van der Waals surface area contributed by atoms with Gasteiger partial charge in [-0.25, -0.2) is 0 Å². The molecule has 0 amide bonds. The molecule has 5 rings (SSSR count). The molecule has 0 atom stereocenters. The Bertz CT molecular complexity index is 998. The Morgan fingerprint density at radius 1 is 1.10 bits per heavy atom. The lowest BCUT2D eigenvalue weighted by Crippen LogP contribution is -2.35. The van der Waals surface area contributed by atoms with Crippen LogP contribution in [0, 0.1) is 6.92 Å². The zero-order valence-corrected chi connectivity index (χ0v) is 18.0. The van der Waals surface area contributed by atoms with E-state index in [0.29, 0.717) is 5.92 Å². The third-order valence-electron chi connectivity index (χ3n) is 6.49. The SMILES string of the molecule is Cc1cc2[nH]c(CN3CCOCC3)cc2c(-c2ccc(C3CCN(C)CC3)nc2)n1. The molecular formula is C24H31N5O. The summed E-state index contributed by atoms with van der Waals surface area (Å²) in [6, 6.07) is 8.82. The third-order valence-corrected chi connectivity index (χ3v) is 6.49. The first kappa shape index (κ1) is 19.7. The summed E-state index contributed by atoms with van der Waals surface area (Å²) in [6.07, 6.45) is 4.40. The van der Waals surface area contributed by atoms with Crippen molar-refractivity contribution < 1.29 is 4.74 Å². The molecule has 0 bridgehead atoms. The van der Waals surface area contributed by atoms with E-state index in [2.05, 4.69) is 53.0 Å². The summed E-state index contributed by atoms with van der Waals surface area (Å²) in [4.78, 5) is 18.2. The molecule has 1 N–H and O–H groups in total. The predicted octanol–water partition coefficient (Wildman–Crippen LogP) is 3.57. The summed E-state index contributed by atoms with van der Waals surface area (Å²) < 4.78 is 5.48. The molecule has 2 aliphatic rings. The number of hydrogen-bond acceptors (Lipinski definition) is 5. The second-order valence-corrected chi connectivity index (χ2v) is 8.81. The van der Waals surface area contributed by atoms with Crippen molar-refractivity contribution in [1.29, 1.82) is 0 Å². The van der Waals surface area contributed by atoms with Crippen molar-refractivity contribution in [1.82, 2.24) is 24.8 Å². The number of morpholine rings is 1. The van der Waals surface area contributed by atoms with Crippen molar-refractivity contribution in [3.8, 4) is 11.3 Å². The van der Waals surface area contributed by atoms with E-state index in [9.17, 15) is 0 Å². The Balaban J connectivity index is 1.41. The molecule has 0 radical (unpaired) electrons. The van der Waals surface area contributed by atoms with E-state index in [-0.39, 0.29) is 0 Å². The highest BCUT2D eigenvalue weighted by Gasteiger charge is 2.20. The van der Waals surface area contributed by atoms with Gasteiger partial charge in [-0.1, -0.05) is 0 Å². The summed E-state index contributed by atoms with van der Waals surface area (Å²) in [5.41, 5.74) is 6.75. The number of aromatic amines is 1. The second-order valence-electron chi connectivity index (χ2n) is 8.81. The van der Waals surface area contributed by atoms with Crippen LogP contribution in [0.4, 0.5) is 0 Å². The average molecular weight is 406 g/mol. The molecule has 3 aromatic heterocycles. The lowest BCUT2D eigenvalue weighted by atomic mass is 9.93. The van der Waals surface area contributed by atoms with Gasteiger partial charge in [0.25, 0.3) is 0 Å². The van der Waals surface area contributed by atoms with Crippen LogP contribution in [0.1, 0.15) is 35.8 Å². The Hall–Kier alpha value is -2.28. The number of fused-ring (bicyclic) bond motifs is 1. The number of piperidine rings is 1. The van der Waals surface area contributed by atoms with Gasteiger partial charge in [0, 0.05) is 65.3 Å². The van der Waals surface area contributed by atoms with Crippen LogP contribution in [-0.2, 0) is 11.3 Å². The standard InChI is InChI=1S/C24H31N5O/c1-17-13-23-21(14-20(27-23)16-29-9-11-30-12-10-29)24(26-17)19-3-4-22(25-15-19)18-5-7-28(2)8-6-18/h3-4,13-15,18,27H,5-12,16H2,1-2H3. The Morgan fingerprint density at radius 2 is 1.90 bits per heavy atom. The molecule has 6 nitrogen and oxygen atoms in total. The van der Waals surface area contributed by atoms with E-state index in [0.717, 1.165) is 68.4 Å². The number of aromatic nitrogens is 3. The molecule has 0 aliphatic carbocycles. The fourth-order valence-electron chi connectivity index (χ4n) is 4.71. The van der Waals surface area contributed by atoms with Crippen LogP contribution in [0.3, 0.4) is 0 Å². The number of ether oxygens (including phenoxy) is 1. The number of aryl methyl sites for hydroxylation is 1. The van der Waals surface area contributed by atoms with Gasteiger partial charge in [-0.2, -0.15) is 0 Å². The zero-order chi connectivity index (χ0) is 20.5. The van der Waals surface area contributed by atoms with Crippen LogP contribution in [-0.4, -0.2) is 71.2 Å². The fraction of sp³-hybridized carbons (Fsp3) is 0.500. The van der Waals surface area contributed by atoms with Gasteiger partial charge in [0.2, 0.25) is 0 Å². The molecule has 2 saturated heterocycles. The molecule has 158 valence electrons. The van der Waals surface area contributed by atoms with Crippen molar-refractivity contribution in [2.75, 3.05) is 46.4 Å². The van der Waals surface area contributed by atoms with Crippen molar-refractivity contribution in [3.63, 3.8) is 0 Å². The first-order valence-corrected chi connectivity index (χ1v) is 11.1. The molecular weight excluding hydrogens is 374 g/mol. The highest BCUT2D eigenvalue weighted by molar-refractivity contribution is 5.93. The summed E-state index contributed by atoms with van der Waals surface area (Å²) in [7, 11) is 2.20. The van der Waals surface area contributed by atoms with Gasteiger partial charge >= 0.3 is 0 Å². The van der Waals surface area contributed by atoms with Crippen LogP contribution in [0.15, 0.2) is 30.5 Å². The predicted molar refractivity (Wildman–Crippen MR) is 120 cm³/mol. The minimum absolute atomic E-state index is 0.577. The quantitative estimate of drug-likeness (QED) is 0.719. The lowest BCUT2D eigenvalue weighted by Gasteiger charge is -2.28. The normalized spacial score (nSPS) is 19.5. The highest BCUT2D eigenvalue weighted by atomic mass is 16.5. The summed E-state index contributed by atoms with van der Waals surface area (Å²) >= 11 is 0. The molecule has 0 unspecified atom stereocenters. The third kappa shape index (κ3) is 4.13. The largest absolute Gasteiger partial charge is 0.379 e. The van der Waals surface area contributed by atoms with Crippen molar-refractivity contribution in [3.05, 3.63) is 47.5 Å². The van der Waals surface area contributed by atoms with E-state index < -0.39 is 0 Å².